The van der Waals surface area contributed by atoms with Crippen LogP contribution in [0.5, 0.6) is 0 Å². The molecule has 0 spiro atoms. The third-order valence-electron chi connectivity index (χ3n) is 5.57. The monoisotopic (exact) mass is 297 g/mol. The van der Waals surface area contributed by atoms with Crippen LogP contribution in [0.4, 0.5) is 4.79 Å². The molecule has 21 heavy (non-hydrogen) atoms. The minimum absolute atomic E-state index is 0.0873. The van der Waals surface area contributed by atoms with Gasteiger partial charge in [0.1, 0.15) is 0 Å². The van der Waals surface area contributed by atoms with Gasteiger partial charge in [0, 0.05) is 25.2 Å². The minimum Gasteiger partial charge on any atom is -0.481 e. The number of nitrogens with zero attached hydrogens (tertiary/aromatic N) is 2. The van der Waals surface area contributed by atoms with Crippen LogP contribution in [-0.2, 0) is 4.79 Å². The molecule has 2 amide bonds. The van der Waals surface area contributed by atoms with E-state index in [2.05, 4.69) is 10.2 Å². The molecule has 0 aromatic heterocycles. The van der Waals surface area contributed by atoms with E-state index in [9.17, 15) is 14.7 Å². The molecule has 6 heteroatoms. The predicted molar refractivity (Wildman–Crippen MR) is 80.2 cm³/mol. The molecule has 2 fully saturated rings. The molecule has 0 radical (unpaired) electrons. The van der Waals surface area contributed by atoms with Crippen molar-refractivity contribution in [1.82, 2.24) is 15.1 Å². The maximum Gasteiger partial charge on any atom is 0.317 e. The highest BCUT2D eigenvalue weighted by atomic mass is 16.4. The molecule has 120 valence electrons. The van der Waals surface area contributed by atoms with Gasteiger partial charge in [-0.25, -0.2) is 4.79 Å². The summed E-state index contributed by atoms with van der Waals surface area (Å²) in [6, 6.07) is -0.125. The van der Waals surface area contributed by atoms with Gasteiger partial charge in [0.25, 0.3) is 0 Å². The number of carboxylic acid groups (broad SMARTS) is 1. The van der Waals surface area contributed by atoms with Crippen LogP contribution in [0.15, 0.2) is 0 Å². The Morgan fingerprint density at radius 1 is 1.29 bits per heavy atom. The highest BCUT2D eigenvalue weighted by molar-refractivity contribution is 5.79. The molecule has 1 aliphatic heterocycles. The lowest BCUT2D eigenvalue weighted by Crippen LogP contribution is -2.58. The summed E-state index contributed by atoms with van der Waals surface area (Å²) in [4.78, 5) is 27.5. The molecule has 0 aromatic carbocycles. The van der Waals surface area contributed by atoms with Gasteiger partial charge in [0.15, 0.2) is 0 Å². The number of carbonyl (C=O) groups is 2. The number of carbonyl (C=O) groups excluding carboxylic acids is 1. The Bertz CT molecular complexity index is 420. The lowest BCUT2D eigenvalue weighted by atomic mass is 9.75. The summed E-state index contributed by atoms with van der Waals surface area (Å²) in [5.41, 5.74) is -0.670. The molecule has 0 aromatic rings. The summed E-state index contributed by atoms with van der Waals surface area (Å²) < 4.78 is 0. The van der Waals surface area contributed by atoms with Crippen LogP contribution in [0.25, 0.3) is 0 Å². The van der Waals surface area contributed by atoms with Gasteiger partial charge in [0.2, 0.25) is 0 Å². The van der Waals surface area contributed by atoms with Crippen LogP contribution in [-0.4, -0.2) is 66.2 Å². The van der Waals surface area contributed by atoms with Gasteiger partial charge in [-0.15, -0.1) is 0 Å². The summed E-state index contributed by atoms with van der Waals surface area (Å²) >= 11 is 0. The standard InChI is InChI=1S/C15H27N3O3/c1-4-14(12(19)20)8-9-18(11-14)13(21)16-10-15(17(2)3)6-5-7-15/h4-11H2,1-3H3,(H,16,21)(H,19,20). The highest BCUT2D eigenvalue weighted by Crippen LogP contribution is 2.36. The van der Waals surface area contributed by atoms with Crippen molar-refractivity contribution < 1.29 is 14.7 Å². The van der Waals surface area contributed by atoms with Crippen LogP contribution in [0.2, 0.25) is 0 Å². The molecule has 1 saturated heterocycles. The Morgan fingerprint density at radius 2 is 1.95 bits per heavy atom. The molecule has 2 N–H and O–H groups in total. The maximum atomic E-state index is 12.3. The molecule has 2 aliphatic rings. The van der Waals surface area contributed by atoms with E-state index in [4.69, 9.17) is 0 Å². The number of aliphatic carboxylic acids is 1. The van der Waals surface area contributed by atoms with Crippen molar-refractivity contribution >= 4 is 12.0 Å². The second kappa shape index (κ2) is 5.83. The molecule has 0 bridgehead atoms. The Kier molecular flexibility index (Phi) is 4.46. The quantitative estimate of drug-likeness (QED) is 0.804. The number of carboxylic acids is 1. The Hall–Kier alpha value is -1.30. The Balaban J connectivity index is 1.89. The number of hydrogen-bond acceptors (Lipinski definition) is 3. The fraction of sp³-hybridized carbons (Fsp3) is 0.867. The lowest BCUT2D eigenvalue weighted by molar-refractivity contribution is -0.148. The van der Waals surface area contributed by atoms with Gasteiger partial charge in [0.05, 0.1) is 5.41 Å². The molecule has 1 aliphatic carbocycles. The predicted octanol–water partition coefficient (Wildman–Crippen LogP) is 1.37. The molecule has 2 rings (SSSR count). The number of hydrogen-bond donors (Lipinski definition) is 2. The van der Waals surface area contributed by atoms with E-state index in [1.165, 1.54) is 6.42 Å². The van der Waals surface area contributed by atoms with E-state index < -0.39 is 11.4 Å². The summed E-state index contributed by atoms with van der Waals surface area (Å²) in [6.45, 7) is 3.37. The van der Waals surface area contributed by atoms with E-state index in [0.717, 1.165) is 12.8 Å². The van der Waals surface area contributed by atoms with E-state index in [0.29, 0.717) is 32.5 Å². The Morgan fingerprint density at radius 3 is 2.33 bits per heavy atom. The zero-order chi connectivity index (χ0) is 15.7. The van der Waals surface area contributed by atoms with Gasteiger partial charge in [-0.2, -0.15) is 0 Å². The molecule has 1 heterocycles. The topological polar surface area (TPSA) is 72.9 Å². The van der Waals surface area contributed by atoms with Crippen LogP contribution < -0.4 is 5.32 Å². The number of nitrogens with one attached hydrogen (secondary N) is 1. The third-order valence-corrected chi connectivity index (χ3v) is 5.57. The zero-order valence-corrected chi connectivity index (χ0v) is 13.3. The first-order valence-electron chi connectivity index (χ1n) is 7.79. The van der Waals surface area contributed by atoms with Crippen molar-refractivity contribution in [1.29, 1.82) is 0 Å². The first-order chi connectivity index (χ1) is 9.85. The zero-order valence-electron chi connectivity index (χ0n) is 13.3. The highest BCUT2D eigenvalue weighted by Gasteiger charge is 2.45. The van der Waals surface area contributed by atoms with Gasteiger partial charge in [-0.1, -0.05) is 6.92 Å². The van der Waals surface area contributed by atoms with Gasteiger partial charge < -0.3 is 20.2 Å². The van der Waals surface area contributed by atoms with Crippen molar-refractivity contribution in [2.75, 3.05) is 33.7 Å². The smallest absolute Gasteiger partial charge is 0.317 e. The summed E-state index contributed by atoms with van der Waals surface area (Å²) in [7, 11) is 4.10. The SMILES string of the molecule is CCC1(C(=O)O)CCN(C(=O)NCC2(N(C)C)CCC2)C1. The van der Waals surface area contributed by atoms with E-state index in [1.54, 1.807) is 4.90 Å². The van der Waals surface area contributed by atoms with Crippen LogP contribution in [0, 0.1) is 5.41 Å². The summed E-state index contributed by atoms with van der Waals surface area (Å²) in [5, 5.41) is 12.4. The second-order valence-electron chi connectivity index (χ2n) is 6.74. The molecular weight excluding hydrogens is 270 g/mol. The van der Waals surface area contributed by atoms with Crippen molar-refractivity contribution in [3.8, 4) is 0 Å². The number of likely N-dealkylation sites (N-methyl/N-ethyl adjacent to an activating group) is 1. The third kappa shape index (κ3) is 2.86. The summed E-state index contributed by atoms with van der Waals surface area (Å²) in [6.07, 6.45) is 4.52. The number of amides is 2. The first kappa shape index (κ1) is 16.1. The maximum absolute atomic E-state index is 12.3. The van der Waals surface area contributed by atoms with Crippen molar-refractivity contribution in [3.05, 3.63) is 0 Å². The fourth-order valence-corrected chi connectivity index (χ4v) is 3.38. The van der Waals surface area contributed by atoms with Crippen LogP contribution in [0.3, 0.4) is 0 Å². The molecule has 1 saturated carbocycles. The van der Waals surface area contributed by atoms with Crippen LogP contribution in [0.1, 0.15) is 39.0 Å². The van der Waals surface area contributed by atoms with Gasteiger partial charge in [-0.3, -0.25) is 4.79 Å². The number of likely N-dealkylation sites (tertiary alicyclic amines) is 1. The second-order valence-corrected chi connectivity index (χ2v) is 6.74. The van der Waals surface area contributed by atoms with Crippen molar-refractivity contribution in [3.63, 3.8) is 0 Å². The average molecular weight is 297 g/mol. The first-order valence-corrected chi connectivity index (χ1v) is 7.79. The normalized spacial score (nSPS) is 27.5. The molecule has 6 nitrogen and oxygen atoms in total. The summed E-state index contributed by atoms with van der Waals surface area (Å²) in [5.74, 6) is -0.788. The van der Waals surface area contributed by atoms with Crippen molar-refractivity contribution in [2.24, 2.45) is 5.41 Å². The van der Waals surface area contributed by atoms with E-state index >= 15 is 0 Å². The fourth-order valence-electron chi connectivity index (χ4n) is 3.38. The van der Waals surface area contributed by atoms with Gasteiger partial charge in [-0.05, 0) is 46.2 Å². The van der Waals surface area contributed by atoms with E-state index in [-0.39, 0.29) is 11.6 Å². The minimum atomic E-state index is -0.788. The average Bonchev–Trinajstić information content (AvgIpc) is 2.82. The lowest BCUT2D eigenvalue weighted by Gasteiger charge is -2.47. The molecule has 1 atom stereocenters. The van der Waals surface area contributed by atoms with Crippen LogP contribution >= 0.6 is 0 Å². The van der Waals surface area contributed by atoms with Crippen molar-refractivity contribution in [2.45, 2.75) is 44.6 Å². The molecular formula is C15H27N3O3. The number of urea groups is 1. The van der Waals surface area contributed by atoms with Gasteiger partial charge >= 0.3 is 12.0 Å². The number of rotatable bonds is 5. The van der Waals surface area contributed by atoms with E-state index in [1.807, 2.05) is 21.0 Å². The molecule has 1 unspecified atom stereocenters. The largest absolute Gasteiger partial charge is 0.481 e. The Labute approximate surface area is 126 Å².